The van der Waals surface area contributed by atoms with E-state index in [1.54, 1.807) is 37.6 Å². The third kappa shape index (κ3) is 3.58. The average molecular weight is 307 g/mol. The first kappa shape index (κ1) is 14.8. The SMILES string of the molecule is COc1ccc(C(=O)NC2C=CC(c3ccccn3)=CN2)cc1. The van der Waals surface area contributed by atoms with Crippen molar-refractivity contribution in [3.63, 3.8) is 0 Å². The average Bonchev–Trinajstić information content (AvgIpc) is 2.63. The quantitative estimate of drug-likeness (QED) is 0.910. The number of hydrogen-bond acceptors (Lipinski definition) is 4. The van der Waals surface area contributed by atoms with Crippen molar-refractivity contribution in [3.05, 3.63) is 78.3 Å². The Morgan fingerprint density at radius 2 is 2.04 bits per heavy atom. The Hall–Kier alpha value is -3.08. The summed E-state index contributed by atoms with van der Waals surface area (Å²) >= 11 is 0. The van der Waals surface area contributed by atoms with Gasteiger partial charge in [-0.15, -0.1) is 0 Å². The highest BCUT2D eigenvalue weighted by Crippen LogP contribution is 2.15. The number of carbonyl (C=O) groups is 1. The molecule has 116 valence electrons. The molecule has 0 spiro atoms. The molecule has 0 aliphatic carbocycles. The van der Waals surface area contributed by atoms with Crippen molar-refractivity contribution < 1.29 is 9.53 Å². The fourth-order valence-corrected chi connectivity index (χ4v) is 2.23. The number of aromatic nitrogens is 1. The van der Waals surface area contributed by atoms with Crippen molar-refractivity contribution in [3.8, 4) is 5.75 Å². The minimum atomic E-state index is -0.253. The fraction of sp³-hybridized carbons (Fsp3) is 0.111. The predicted molar refractivity (Wildman–Crippen MR) is 88.7 cm³/mol. The third-order valence-corrected chi connectivity index (χ3v) is 3.49. The number of nitrogens with zero attached hydrogens (tertiary/aromatic N) is 1. The second-order valence-corrected chi connectivity index (χ2v) is 5.02. The van der Waals surface area contributed by atoms with Crippen molar-refractivity contribution in [2.45, 2.75) is 6.17 Å². The second-order valence-electron chi connectivity index (χ2n) is 5.02. The van der Waals surface area contributed by atoms with E-state index in [4.69, 9.17) is 4.74 Å². The Labute approximate surface area is 134 Å². The molecule has 1 amide bonds. The number of carbonyl (C=O) groups excluding carboxylic acids is 1. The first-order valence-electron chi connectivity index (χ1n) is 7.27. The predicted octanol–water partition coefficient (Wildman–Crippen LogP) is 2.35. The monoisotopic (exact) mass is 307 g/mol. The van der Waals surface area contributed by atoms with E-state index in [1.807, 2.05) is 36.6 Å². The highest BCUT2D eigenvalue weighted by molar-refractivity contribution is 5.94. The molecule has 1 aromatic heterocycles. The van der Waals surface area contributed by atoms with E-state index in [0.717, 1.165) is 17.0 Å². The van der Waals surface area contributed by atoms with Gasteiger partial charge in [-0.2, -0.15) is 0 Å². The highest BCUT2D eigenvalue weighted by atomic mass is 16.5. The summed E-state index contributed by atoms with van der Waals surface area (Å²) in [6.45, 7) is 0. The van der Waals surface area contributed by atoms with Crippen LogP contribution in [0.4, 0.5) is 0 Å². The lowest BCUT2D eigenvalue weighted by molar-refractivity contribution is 0.0941. The molecule has 3 rings (SSSR count). The molecule has 2 aromatic rings. The molecular weight excluding hydrogens is 290 g/mol. The number of hydrogen-bond donors (Lipinski definition) is 2. The lowest BCUT2D eigenvalue weighted by Gasteiger charge is -2.20. The van der Waals surface area contributed by atoms with Crippen LogP contribution in [-0.2, 0) is 0 Å². The van der Waals surface area contributed by atoms with Crippen molar-refractivity contribution in [2.24, 2.45) is 0 Å². The van der Waals surface area contributed by atoms with Crippen LogP contribution in [0.25, 0.3) is 5.57 Å². The summed E-state index contributed by atoms with van der Waals surface area (Å²) in [4.78, 5) is 16.5. The number of rotatable bonds is 4. The van der Waals surface area contributed by atoms with Gasteiger partial charge in [-0.25, -0.2) is 0 Å². The summed E-state index contributed by atoms with van der Waals surface area (Å²) in [5.74, 6) is 0.574. The van der Waals surface area contributed by atoms with Crippen molar-refractivity contribution in [1.82, 2.24) is 15.6 Å². The number of dihydropyridines is 1. The van der Waals surface area contributed by atoms with E-state index in [-0.39, 0.29) is 12.1 Å². The van der Waals surface area contributed by atoms with Crippen molar-refractivity contribution >= 4 is 11.5 Å². The zero-order valence-corrected chi connectivity index (χ0v) is 12.7. The van der Waals surface area contributed by atoms with E-state index in [1.165, 1.54) is 0 Å². The second kappa shape index (κ2) is 6.79. The van der Waals surface area contributed by atoms with E-state index in [2.05, 4.69) is 15.6 Å². The summed E-state index contributed by atoms with van der Waals surface area (Å²) in [6, 6.07) is 12.7. The molecule has 23 heavy (non-hydrogen) atoms. The maximum atomic E-state index is 12.2. The zero-order chi connectivity index (χ0) is 16.1. The van der Waals surface area contributed by atoms with Gasteiger partial charge in [0, 0.05) is 23.5 Å². The molecule has 0 fully saturated rings. The summed E-state index contributed by atoms with van der Waals surface area (Å²) in [7, 11) is 1.59. The van der Waals surface area contributed by atoms with Gasteiger partial charge in [0.25, 0.3) is 5.91 Å². The Bertz CT molecular complexity index is 737. The Kier molecular flexibility index (Phi) is 4.38. The topological polar surface area (TPSA) is 63.2 Å². The molecular formula is C18H17N3O2. The molecule has 2 N–H and O–H groups in total. The van der Waals surface area contributed by atoms with Gasteiger partial charge in [0.2, 0.25) is 0 Å². The molecule has 5 heteroatoms. The minimum Gasteiger partial charge on any atom is -0.497 e. The Morgan fingerprint density at radius 1 is 1.22 bits per heavy atom. The van der Waals surface area contributed by atoms with Crippen molar-refractivity contribution in [2.75, 3.05) is 7.11 Å². The zero-order valence-electron chi connectivity index (χ0n) is 12.7. The number of allylic oxidation sites excluding steroid dienone is 2. The largest absolute Gasteiger partial charge is 0.497 e. The van der Waals surface area contributed by atoms with Crippen LogP contribution >= 0.6 is 0 Å². The molecule has 2 heterocycles. The number of nitrogens with one attached hydrogen (secondary N) is 2. The maximum Gasteiger partial charge on any atom is 0.253 e. The fourth-order valence-electron chi connectivity index (χ4n) is 2.23. The molecule has 0 bridgehead atoms. The molecule has 0 saturated heterocycles. The number of amides is 1. The normalized spacial score (nSPS) is 16.2. The van der Waals surface area contributed by atoms with Crippen LogP contribution in [0.1, 0.15) is 16.1 Å². The van der Waals surface area contributed by atoms with Crippen molar-refractivity contribution in [1.29, 1.82) is 0 Å². The lowest BCUT2D eigenvalue weighted by atomic mass is 10.1. The smallest absolute Gasteiger partial charge is 0.253 e. The van der Waals surface area contributed by atoms with E-state index in [0.29, 0.717) is 5.56 Å². The molecule has 1 aliphatic heterocycles. The van der Waals surface area contributed by atoms with Gasteiger partial charge in [-0.1, -0.05) is 12.1 Å². The molecule has 1 unspecified atom stereocenters. The molecule has 1 atom stereocenters. The number of pyridine rings is 1. The van der Waals surface area contributed by atoms with Gasteiger partial charge in [0.15, 0.2) is 0 Å². The Morgan fingerprint density at radius 3 is 2.65 bits per heavy atom. The third-order valence-electron chi connectivity index (χ3n) is 3.49. The summed E-state index contributed by atoms with van der Waals surface area (Å²) in [5, 5.41) is 6.05. The summed E-state index contributed by atoms with van der Waals surface area (Å²) in [5.41, 5.74) is 2.44. The molecule has 0 saturated carbocycles. The van der Waals surface area contributed by atoms with Gasteiger partial charge in [0.05, 0.1) is 12.8 Å². The van der Waals surface area contributed by atoms with Crippen LogP contribution in [0.15, 0.2) is 67.0 Å². The van der Waals surface area contributed by atoms with Crippen LogP contribution < -0.4 is 15.4 Å². The summed E-state index contributed by atoms with van der Waals surface area (Å²) in [6.07, 6.45) is 7.18. The summed E-state index contributed by atoms with van der Waals surface area (Å²) < 4.78 is 5.08. The standard InChI is InChI=1S/C18H17N3O2/c1-23-15-8-5-13(6-9-15)18(22)21-17-10-7-14(12-20-17)16-4-2-3-11-19-16/h2-12,17,20H,1H3,(H,21,22). The molecule has 5 nitrogen and oxygen atoms in total. The Balaban J connectivity index is 1.61. The molecule has 1 aromatic carbocycles. The minimum absolute atomic E-state index is 0.149. The highest BCUT2D eigenvalue weighted by Gasteiger charge is 2.13. The number of ether oxygens (including phenoxy) is 1. The van der Waals surface area contributed by atoms with Crippen LogP contribution in [0.2, 0.25) is 0 Å². The number of methoxy groups -OCH3 is 1. The van der Waals surface area contributed by atoms with Crippen LogP contribution in [0.3, 0.4) is 0 Å². The van der Waals surface area contributed by atoms with Crippen LogP contribution in [0, 0.1) is 0 Å². The van der Waals surface area contributed by atoms with Gasteiger partial charge in [-0.3, -0.25) is 9.78 Å². The van der Waals surface area contributed by atoms with Gasteiger partial charge in [0.1, 0.15) is 11.9 Å². The van der Waals surface area contributed by atoms with Gasteiger partial charge in [-0.05, 0) is 42.5 Å². The lowest BCUT2D eigenvalue weighted by Crippen LogP contribution is -2.42. The van der Waals surface area contributed by atoms with Gasteiger partial charge >= 0.3 is 0 Å². The van der Waals surface area contributed by atoms with E-state index in [9.17, 15) is 4.79 Å². The molecule has 1 aliphatic rings. The number of benzene rings is 1. The maximum absolute atomic E-state index is 12.2. The molecule has 0 radical (unpaired) electrons. The van der Waals surface area contributed by atoms with Crippen LogP contribution in [0.5, 0.6) is 5.75 Å². The van der Waals surface area contributed by atoms with E-state index >= 15 is 0 Å². The van der Waals surface area contributed by atoms with Crippen LogP contribution in [-0.4, -0.2) is 24.2 Å². The first-order valence-corrected chi connectivity index (χ1v) is 7.27. The van der Waals surface area contributed by atoms with E-state index < -0.39 is 0 Å². The van der Waals surface area contributed by atoms with Gasteiger partial charge < -0.3 is 15.4 Å². The first-order chi connectivity index (χ1) is 11.3.